The molecule has 1 aliphatic rings. The number of pyridine rings is 1. The van der Waals surface area contributed by atoms with Crippen LogP contribution < -0.4 is 4.90 Å². The van der Waals surface area contributed by atoms with Crippen LogP contribution in [0.1, 0.15) is 17.2 Å². The molecule has 0 radical (unpaired) electrons. The average molecular weight is 322 g/mol. The van der Waals surface area contributed by atoms with Crippen LogP contribution in [-0.2, 0) is 4.74 Å². The Bertz CT molecular complexity index is 863. The summed E-state index contributed by atoms with van der Waals surface area (Å²) in [7, 11) is 0. The molecule has 2 aromatic carbocycles. The summed E-state index contributed by atoms with van der Waals surface area (Å²) in [6, 6.07) is 15.0. The molecule has 1 aliphatic heterocycles. The van der Waals surface area contributed by atoms with Crippen molar-refractivity contribution < 1.29 is 9.13 Å². The second kappa shape index (κ2) is 6.21. The maximum Gasteiger partial charge on any atom is 0.123 e. The number of anilines is 1. The summed E-state index contributed by atoms with van der Waals surface area (Å²) in [6.45, 7) is 4.33. The molecule has 0 saturated carbocycles. The number of hydrogen-bond donors (Lipinski definition) is 0. The molecule has 1 atom stereocenters. The Morgan fingerprint density at radius 3 is 2.79 bits per heavy atom. The van der Waals surface area contributed by atoms with E-state index in [9.17, 15) is 4.39 Å². The molecular formula is C20H19FN2O. The molecule has 1 aromatic heterocycles. The van der Waals surface area contributed by atoms with Gasteiger partial charge in [0.25, 0.3) is 0 Å². The zero-order valence-electron chi connectivity index (χ0n) is 13.6. The van der Waals surface area contributed by atoms with E-state index in [1.165, 1.54) is 23.4 Å². The van der Waals surface area contributed by atoms with Crippen LogP contribution in [0.3, 0.4) is 0 Å². The molecule has 0 N–H and O–H groups in total. The minimum atomic E-state index is -0.220. The number of nitrogens with zero attached hydrogens (tertiary/aromatic N) is 2. The first-order valence-corrected chi connectivity index (χ1v) is 8.18. The fourth-order valence-corrected chi connectivity index (χ4v) is 3.27. The van der Waals surface area contributed by atoms with Gasteiger partial charge in [-0.2, -0.15) is 0 Å². The SMILES string of the molecule is Cc1ccc2nccc(N3CCOC(c4ccc(F)cc4)C3)c2c1. The Morgan fingerprint density at radius 2 is 1.96 bits per heavy atom. The Balaban J connectivity index is 1.67. The minimum absolute atomic E-state index is 0.0487. The van der Waals surface area contributed by atoms with Gasteiger partial charge in [-0.1, -0.05) is 23.8 Å². The van der Waals surface area contributed by atoms with Crippen molar-refractivity contribution >= 4 is 16.6 Å². The fraction of sp³-hybridized carbons (Fsp3) is 0.250. The molecular weight excluding hydrogens is 303 g/mol. The van der Waals surface area contributed by atoms with Gasteiger partial charge in [0.15, 0.2) is 0 Å². The van der Waals surface area contributed by atoms with Gasteiger partial charge in [0.05, 0.1) is 12.1 Å². The molecule has 24 heavy (non-hydrogen) atoms. The fourth-order valence-electron chi connectivity index (χ4n) is 3.27. The number of ether oxygens (including phenoxy) is 1. The number of rotatable bonds is 2. The number of aromatic nitrogens is 1. The number of halogens is 1. The second-order valence-electron chi connectivity index (χ2n) is 6.21. The first-order valence-electron chi connectivity index (χ1n) is 8.18. The minimum Gasteiger partial charge on any atom is -0.370 e. The molecule has 1 fully saturated rings. The third-order valence-corrected chi connectivity index (χ3v) is 4.52. The van der Waals surface area contributed by atoms with Crippen LogP contribution in [0.25, 0.3) is 10.9 Å². The van der Waals surface area contributed by atoms with Gasteiger partial charge in [0.1, 0.15) is 11.9 Å². The zero-order chi connectivity index (χ0) is 16.5. The Kier molecular flexibility index (Phi) is 3.90. The van der Waals surface area contributed by atoms with Crippen molar-refractivity contribution in [1.82, 2.24) is 4.98 Å². The highest BCUT2D eigenvalue weighted by Gasteiger charge is 2.23. The predicted molar refractivity (Wildman–Crippen MR) is 93.8 cm³/mol. The molecule has 2 heterocycles. The van der Waals surface area contributed by atoms with E-state index in [2.05, 4.69) is 41.1 Å². The lowest BCUT2D eigenvalue weighted by molar-refractivity contribution is 0.0398. The van der Waals surface area contributed by atoms with Gasteiger partial charge < -0.3 is 9.64 Å². The van der Waals surface area contributed by atoms with Crippen molar-refractivity contribution in [2.45, 2.75) is 13.0 Å². The molecule has 0 bridgehead atoms. The molecule has 3 nitrogen and oxygen atoms in total. The summed E-state index contributed by atoms with van der Waals surface area (Å²) in [6.07, 6.45) is 1.81. The van der Waals surface area contributed by atoms with E-state index in [1.54, 1.807) is 12.1 Å². The summed E-state index contributed by atoms with van der Waals surface area (Å²) < 4.78 is 19.1. The highest BCUT2D eigenvalue weighted by molar-refractivity contribution is 5.92. The number of aryl methyl sites for hydroxylation is 1. The van der Waals surface area contributed by atoms with Crippen LogP contribution in [0.5, 0.6) is 0 Å². The van der Waals surface area contributed by atoms with Gasteiger partial charge in [-0.3, -0.25) is 4.98 Å². The van der Waals surface area contributed by atoms with Crippen molar-refractivity contribution in [3.8, 4) is 0 Å². The van der Waals surface area contributed by atoms with E-state index in [0.717, 1.165) is 29.6 Å². The molecule has 1 saturated heterocycles. The van der Waals surface area contributed by atoms with E-state index in [0.29, 0.717) is 6.61 Å². The van der Waals surface area contributed by atoms with Crippen molar-refractivity contribution in [2.24, 2.45) is 0 Å². The monoisotopic (exact) mass is 322 g/mol. The molecule has 3 aromatic rings. The van der Waals surface area contributed by atoms with Gasteiger partial charge in [0, 0.05) is 30.4 Å². The molecule has 0 amide bonds. The highest BCUT2D eigenvalue weighted by Crippen LogP contribution is 2.31. The Labute approximate surface area is 140 Å². The van der Waals surface area contributed by atoms with Crippen LogP contribution in [0.2, 0.25) is 0 Å². The first-order chi connectivity index (χ1) is 11.7. The largest absolute Gasteiger partial charge is 0.370 e. The lowest BCUT2D eigenvalue weighted by Crippen LogP contribution is -2.38. The standard InChI is InChI=1S/C20H19FN2O/c1-14-2-7-18-17(12-14)19(8-9-22-18)23-10-11-24-20(13-23)15-3-5-16(21)6-4-15/h2-9,12,20H,10-11,13H2,1H3. The van der Waals surface area contributed by atoms with Crippen LogP contribution in [-0.4, -0.2) is 24.7 Å². The van der Waals surface area contributed by atoms with Crippen molar-refractivity contribution in [2.75, 3.05) is 24.6 Å². The van der Waals surface area contributed by atoms with Crippen molar-refractivity contribution in [3.63, 3.8) is 0 Å². The number of benzene rings is 2. The summed E-state index contributed by atoms with van der Waals surface area (Å²) in [4.78, 5) is 6.80. The third-order valence-electron chi connectivity index (χ3n) is 4.52. The lowest BCUT2D eigenvalue weighted by Gasteiger charge is -2.35. The predicted octanol–water partition coefficient (Wildman–Crippen LogP) is 4.26. The van der Waals surface area contributed by atoms with Crippen LogP contribution in [0.15, 0.2) is 54.7 Å². The topological polar surface area (TPSA) is 25.4 Å². The van der Waals surface area contributed by atoms with E-state index in [1.807, 2.05) is 6.20 Å². The van der Waals surface area contributed by atoms with Crippen molar-refractivity contribution in [3.05, 3.63) is 71.7 Å². The van der Waals surface area contributed by atoms with E-state index >= 15 is 0 Å². The van der Waals surface area contributed by atoms with Gasteiger partial charge >= 0.3 is 0 Å². The zero-order valence-corrected chi connectivity index (χ0v) is 13.6. The molecule has 4 rings (SSSR count). The molecule has 1 unspecified atom stereocenters. The van der Waals surface area contributed by atoms with E-state index in [4.69, 9.17) is 4.74 Å². The number of fused-ring (bicyclic) bond motifs is 1. The van der Waals surface area contributed by atoms with Crippen LogP contribution >= 0.6 is 0 Å². The summed E-state index contributed by atoms with van der Waals surface area (Å²) in [5.74, 6) is -0.220. The molecule has 4 heteroatoms. The van der Waals surface area contributed by atoms with Crippen LogP contribution in [0, 0.1) is 12.7 Å². The van der Waals surface area contributed by atoms with Gasteiger partial charge in [0.2, 0.25) is 0 Å². The lowest BCUT2D eigenvalue weighted by atomic mass is 10.1. The molecule has 0 spiro atoms. The van der Waals surface area contributed by atoms with Gasteiger partial charge in [-0.15, -0.1) is 0 Å². The maximum absolute atomic E-state index is 13.1. The first kappa shape index (κ1) is 15.1. The third kappa shape index (κ3) is 2.85. The average Bonchev–Trinajstić information content (AvgIpc) is 2.62. The van der Waals surface area contributed by atoms with E-state index in [-0.39, 0.29) is 11.9 Å². The van der Waals surface area contributed by atoms with Crippen LogP contribution in [0.4, 0.5) is 10.1 Å². The highest BCUT2D eigenvalue weighted by atomic mass is 19.1. The Hall–Kier alpha value is -2.46. The normalized spacial score (nSPS) is 18.1. The smallest absolute Gasteiger partial charge is 0.123 e. The number of morpholine rings is 1. The Morgan fingerprint density at radius 1 is 1.12 bits per heavy atom. The van der Waals surface area contributed by atoms with Gasteiger partial charge in [-0.25, -0.2) is 4.39 Å². The summed E-state index contributed by atoms with van der Waals surface area (Å²) >= 11 is 0. The summed E-state index contributed by atoms with van der Waals surface area (Å²) in [5, 5.41) is 1.16. The van der Waals surface area contributed by atoms with E-state index < -0.39 is 0 Å². The maximum atomic E-state index is 13.1. The number of hydrogen-bond acceptors (Lipinski definition) is 3. The van der Waals surface area contributed by atoms with Gasteiger partial charge in [-0.05, 0) is 42.8 Å². The van der Waals surface area contributed by atoms with Crippen molar-refractivity contribution in [1.29, 1.82) is 0 Å². The summed E-state index contributed by atoms with van der Waals surface area (Å²) in [5.41, 5.74) is 4.41. The second-order valence-corrected chi connectivity index (χ2v) is 6.21. The molecule has 0 aliphatic carbocycles. The molecule has 122 valence electrons. The quantitative estimate of drug-likeness (QED) is 0.705.